The van der Waals surface area contributed by atoms with Crippen LogP contribution in [-0.4, -0.2) is 54.6 Å². The Bertz CT molecular complexity index is 1170. The van der Waals surface area contributed by atoms with Crippen LogP contribution in [0.3, 0.4) is 0 Å². The molecule has 0 atom stereocenters. The molecule has 6 heteroatoms. The maximum absolute atomic E-state index is 13.0. The molecule has 3 aromatic rings. The van der Waals surface area contributed by atoms with Gasteiger partial charge in [-0.25, -0.2) is 0 Å². The lowest BCUT2D eigenvalue weighted by atomic mass is 10.1. The topological polar surface area (TPSA) is 64.3 Å². The Hall–Kier alpha value is -3.56. The van der Waals surface area contributed by atoms with E-state index in [1.807, 2.05) is 55.5 Å². The summed E-state index contributed by atoms with van der Waals surface area (Å²) in [6, 6.07) is 22.4. The standard InChI is InChI=1S/C29H35N5O/c1-3-15-34-23(2)26(21-28(34)24-10-5-4-6-11-24)29(35)31-14-9-16-32-17-19-33(20-18-32)27-13-8-7-12-25(27)22-30/h4-8,10-13,21H,3,9,14-20H2,1-2H3,(H,31,35). The van der Waals surface area contributed by atoms with Crippen molar-refractivity contribution in [2.75, 3.05) is 44.2 Å². The van der Waals surface area contributed by atoms with Crippen molar-refractivity contribution in [2.24, 2.45) is 0 Å². The van der Waals surface area contributed by atoms with E-state index in [1.54, 1.807) is 0 Å². The van der Waals surface area contributed by atoms with Gasteiger partial charge in [0.05, 0.1) is 16.8 Å². The van der Waals surface area contributed by atoms with E-state index < -0.39 is 0 Å². The first kappa shape index (κ1) is 24.6. The molecule has 182 valence electrons. The summed E-state index contributed by atoms with van der Waals surface area (Å²) in [6.07, 6.45) is 1.94. The highest BCUT2D eigenvalue weighted by molar-refractivity contribution is 5.97. The molecule has 2 aromatic carbocycles. The van der Waals surface area contributed by atoms with Gasteiger partial charge in [0.1, 0.15) is 6.07 Å². The predicted octanol–water partition coefficient (Wildman–Crippen LogP) is 4.69. The first-order chi connectivity index (χ1) is 17.1. The van der Waals surface area contributed by atoms with E-state index in [1.165, 1.54) is 0 Å². The average molecular weight is 470 g/mol. The minimum atomic E-state index is 0.00691. The largest absolute Gasteiger partial charge is 0.368 e. The smallest absolute Gasteiger partial charge is 0.253 e. The number of nitrogens with zero attached hydrogens (tertiary/aromatic N) is 4. The molecule has 2 heterocycles. The Labute approximate surface area is 208 Å². The van der Waals surface area contributed by atoms with Crippen molar-refractivity contribution in [3.05, 3.63) is 77.5 Å². The van der Waals surface area contributed by atoms with E-state index in [0.29, 0.717) is 6.54 Å². The van der Waals surface area contributed by atoms with Crippen LogP contribution >= 0.6 is 0 Å². The monoisotopic (exact) mass is 469 g/mol. The number of rotatable bonds is 9. The van der Waals surface area contributed by atoms with Gasteiger partial charge in [0.2, 0.25) is 0 Å². The highest BCUT2D eigenvalue weighted by Gasteiger charge is 2.20. The average Bonchev–Trinajstić information content (AvgIpc) is 3.23. The molecule has 1 amide bonds. The summed E-state index contributed by atoms with van der Waals surface area (Å²) in [4.78, 5) is 17.7. The molecule has 0 bridgehead atoms. The maximum Gasteiger partial charge on any atom is 0.253 e. The Kier molecular flexibility index (Phi) is 8.23. The summed E-state index contributed by atoms with van der Waals surface area (Å²) in [5.41, 5.74) is 5.80. The molecule has 35 heavy (non-hydrogen) atoms. The van der Waals surface area contributed by atoms with Gasteiger partial charge in [-0.15, -0.1) is 0 Å². The van der Waals surface area contributed by atoms with E-state index >= 15 is 0 Å². The Morgan fingerprint density at radius 2 is 1.71 bits per heavy atom. The van der Waals surface area contributed by atoms with Crippen molar-refractivity contribution < 1.29 is 4.79 Å². The molecule has 1 aromatic heterocycles. The molecule has 6 nitrogen and oxygen atoms in total. The summed E-state index contributed by atoms with van der Waals surface area (Å²) in [7, 11) is 0. The second-order valence-corrected chi connectivity index (χ2v) is 9.11. The molecule has 0 aliphatic carbocycles. The van der Waals surface area contributed by atoms with Crippen LogP contribution in [0, 0.1) is 18.3 Å². The van der Waals surface area contributed by atoms with Gasteiger partial charge >= 0.3 is 0 Å². The molecule has 1 fully saturated rings. The van der Waals surface area contributed by atoms with Crippen LogP contribution in [0.5, 0.6) is 0 Å². The summed E-state index contributed by atoms with van der Waals surface area (Å²) in [5.74, 6) is 0.00691. The Balaban J connectivity index is 1.28. The summed E-state index contributed by atoms with van der Waals surface area (Å²) in [5, 5.41) is 12.5. The second kappa shape index (κ2) is 11.7. The lowest BCUT2D eigenvalue weighted by Gasteiger charge is -2.36. The predicted molar refractivity (Wildman–Crippen MR) is 142 cm³/mol. The minimum absolute atomic E-state index is 0.00691. The number of anilines is 1. The number of carbonyl (C=O) groups excluding carboxylic acids is 1. The number of nitrogens with one attached hydrogen (secondary N) is 1. The first-order valence-electron chi connectivity index (χ1n) is 12.6. The summed E-state index contributed by atoms with van der Waals surface area (Å²) >= 11 is 0. The van der Waals surface area contributed by atoms with Crippen LogP contribution < -0.4 is 10.2 Å². The normalized spacial score (nSPS) is 14.0. The van der Waals surface area contributed by atoms with Crippen LogP contribution in [0.4, 0.5) is 5.69 Å². The Morgan fingerprint density at radius 1 is 1.00 bits per heavy atom. The van der Waals surface area contributed by atoms with Crippen LogP contribution in [-0.2, 0) is 6.54 Å². The number of piperazine rings is 1. The fourth-order valence-corrected chi connectivity index (χ4v) is 4.89. The Morgan fingerprint density at radius 3 is 2.43 bits per heavy atom. The van der Waals surface area contributed by atoms with E-state index in [2.05, 4.69) is 44.8 Å². The van der Waals surface area contributed by atoms with Gasteiger partial charge in [-0.1, -0.05) is 49.4 Å². The van der Waals surface area contributed by atoms with Crippen LogP contribution in [0.15, 0.2) is 60.7 Å². The third kappa shape index (κ3) is 5.75. The zero-order valence-corrected chi connectivity index (χ0v) is 20.8. The van der Waals surface area contributed by atoms with Gasteiger partial charge in [-0.3, -0.25) is 9.69 Å². The van der Waals surface area contributed by atoms with Crippen molar-refractivity contribution in [1.82, 2.24) is 14.8 Å². The molecule has 0 saturated carbocycles. The van der Waals surface area contributed by atoms with Crippen LogP contribution in [0.1, 0.15) is 41.4 Å². The molecule has 4 rings (SSSR count). The van der Waals surface area contributed by atoms with Gasteiger partial charge in [0.15, 0.2) is 0 Å². The van der Waals surface area contributed by atoms with E-state index in [9.17, 15) is 10.1 Å². The van der Waals surface area contributed by atoms with Crippen molar-refractivity contribution in [3.8, 4) is 17.3 Å². The number of aromatic nitrogens is 1. The molecule has 1 aliphatic heterocycles. The number of hydrogen-bond donors (Lipinski definition) is 1. The zero-order chi connectivity index (χ0) is 24.6. The lowest BCUT2D eigenvalue weighted by molar-refractivity contribution is 0.0950. The fourth-order valence-electron chi connectivity index (χ4n) is 4.89. The van der Waals surface area contributed by atoms with Crippen LogP contribution in [0.25, 0.3) is 11.3 Å². The number of amides is 1. The molecular formula is C29H35N5O. The second-order valence-electron chi connectivity index (χ2n) is 9.11. The van der Waals surface area contributed by atoms with Crippen molar-refractivity contribution in [2.45, 2.75) is 33.2 Å². The minimum Gasteiger partial charge on any atom is -0.368 e. The van der Waals surface area contributed by atoms with Crippen molar-refractivity contribution in [3.63, 3.8) is 0 Å². The molecule has 1 saturated heterocycles. The zero-order valence-electron chi connectivity index (χ0n) is 20.8. The SMILES string of the molecule is CCCn1c(-c2ccccc2)cc(C(=O)NCCCN2CCN(c3ccccc3C#N)CC2)c1C. The van der Waals surface area contributed by atoms with Gasteiger partial charge < -0.3 is 14.8 Å². The van der Waals surface area contributed by atoms with Crippen molar-refractivity contribution >= 4 is 11.6 Å². The molecule has 0 radical (unpaired) electrons. The number of hydrogen-bond acceptors (Lipinski definition) is 4. The van der Waals surface area contributed by atoms with Gasteiger partial charge in [0, 0.05) is 50.7 Å². The van der Waals surface area contributed by atoms with E-state index in [4.69, 9.17) is 0 Å². The van der Waals surface area contributed by atoms with Gasteiger partial charge in [0.25, 0.3) is 5.91 Å². The first-order valence-corrected chi connectivity index (χ1v) is 12.6. The number of carbonyl (C=O) groups is 1. The fraction of sp³-hybridized carbons (Fsp3) is 0.379. The quantitative estimate of drug-likeness (QED) is 0.462. The summed E-state index contributed by atoms with van der Waals surface area (Å²) < 4.78 is 2.26. The maximum atomic E-state index is 13.0. The van der Waals surface area contributed by atoms with E-state index in [-0.39, 0.29) is 5.91 Å². The molecular weight excluding hydrogens is 434 g/mol. The number of benzene rings is 2. The van der Waals surface area contributed by atoms with Crippen LogP contribution in [0.2, 0.25) is 0 Å². The summed E-state index contributed by atoms with van der Waals surface area (Å²) in [6.45, 7) is 10.5. The number of nitriles is 1. The number of para-hydroxylation sites is 1. The third-order valence-corrected chi connectivity index (χ3v) is 6.80. The molecule has 0 spiro atoms. The highest BCUT2D eigenvalue weighted by atomic mass is 16.1. The molecule has 1 aliphatic rings. The van der Waals surface area contributed by atoms with E-state index in [0.717, 1.165) is 85.9 Å². The lowest BCUT2D eigenvalue weighted by Crippen LogP contribution is -2.47. The highest BCUT2D eigenvalue weighted by Crippen LogP contribution is 2.26. The van der Waals surface area contributed by atoms with Gasteiger partial charge in [-0.2, -0.15) is 5.26 Å². The molecule has 0 unspecified atom stereocenters. The third-order valence-electron chi connectivity index (χ3n) is 6.80. The molecule has 1 N–H and O–H groups in total. The van der Waals surface area contributed by atoms with Crippen molar-refractivity contribution in [1.29, 1.82) is 5.26 Å². The van der Waals surface area contributed by atoms with Gasteiger partial charge in [-0.05, 0) is 50.1 Å².